The highest BCUT2D eigenvalue weighted by Crippen LogP contribution is 2.29. The average molecular weight is 585 g/mol. The van der Waals surface area contributed by atoms with Crippen LogP contribution in [0.1, 0.15) is 58.9 Å². The molecule has 3 aromatic rings. The summed E-state index contributed by atoms with van der Waals surface area (Å²) in [5.74, 6) is -0.0519. The molecule has 1 aliphatic carbocycles. The third-order valence-corrected chi connectivity index (χ3v) is 10.1. The van der Waals surface area contributed by atoms with Gasteiger partial charge in [0.25, 0.3) is 0 Å². The lowest BCUT2D eigenvalue weighted by atomic mass is 9.95. The molecule has 0 radical (unpaired) electrons. The topological polar surface area (TPSA) is 121 Å². The van der Waals surface area contributed by atoms with Gasteiger partial charge in [-0.3, -0.25) is 9.78 Å². The van der Waals surface area contributed by atoms with Gasteiger partial charge >= 0.3 is 12.0 Å². The molecule has 1 N–H and O–H groups in total. The van der Waals surface area contributed by atoms with E-state index in [1.807, 2.05) is 19.1 Å². The Morgan fingerprint density at radius 3 is 2.49 bits per heavy atom. The van der Waals surface area contributed by atoms with E-state index in [9.17, 15) is 9.90 Å². The van der Waals surface area contributed by atoms with Gasteiger partial charge in [0, 0.05) is 36.0 Å². The fourth-order valence-corrected chi connectivity index (χ4v) is 4.32. The Hall–Kier alpha value is -3.18. The van der Waals surface area contributed by atoms with E-state index in [2.05, 4.69) is 46.4 Å². The van der Waals surface area contributed by atoms with E-state index in [4.69, 9.17) is 14.2 Å². The summed E-state index contributed by atoms with van der Waals surface area (Å²) in [6.07, 6.45) is 12.4. The molecule has 0 saturated heterocycles. The van der Waals surface area contributed by atoms with Gasteiger partial charge in [-0.15, -0.1) is 5.10 Å². The van der Waals surface area contributed by atoms with Crippen LogP contribution in [0.25, 0.3) is 22.6 Å². The smallest absolute Gasteiger partial charge is 0.317 e. The molecule has 3 heterocycles. The molecule has 3 aromatic heterocycles. The lowest BCUT2D eigenvalue weighted by Crippen LogP contribution is -2.31. The molecule has 0 unspecified atom stereocenters. The van der Waals surface area contributed by atoms with Gasteiger partial charge in [0.2, 0.25) is 11.7 Å². The number of rotatable bonds is 14. The number of ether oxygens (including phenoxy) is 3. The molecule has 0 spiro atoms. The maximum Gasteiger partial charge on any atom is 0.317 e. The van der Waals surface area contributed by atoms with Crippen LogP contribution in [0.2, 0.25) is 0 Å². The molecule has 0 aliphatic heterocycles. The standard InChI is InChI=1S/C30H41N5O5S/c1-20-15-25(39-18-29(2,3)27(36)37)32-17-23(20)21-11-12-24(31-16-21)26-33-28(40-22-9-8-10-22)35(34-26)19-38-14-13-30(4,5)41(6)7/h11-12,15-17,22H,8-10,13-14,18-19H2,1-7H3/p+1. The van der Waals surface area contributed by atoms with Crippen molar-refractivity contribution in [3.05, 3.63) is 36.2 Å². The highest BCUT2D eigenvalue weighted by molar-refractivity contribution is 7.96. The van der Waals surface area contributed by atoms with Gasteiger partial charge in [-0.1, -0.05) is 6.07 Å². The monoisotopic (exact) mass is 584 g/mol. The Morgan fingerprint density at radius 1 is 1.15 bits per heavy atom. The molecule has 1 saturated carbocycles. The number of carboxylic acids is 1. The SMILES string of the molecule is Cc1cc(OCC(C)(C)C(=O)O)ncc1-c1ccc(-c2nc(OC3CCC3)n(COCCC(C)(C)[S+](C)C)n2)nc1. The number of aryl methyl sites for hydroxylation is 1. The van der Waals surface area contributed by atoms with Crippen molar-refractivity contribution in [2.45, 2.75) is 77.9 Å². The van der Waals surface area contributed by atoms with E-state index in [-0.39, 0.29) is 24.2 Å². The maximum atomic E-state index is 11.3. The third-order valence-electron chi connectivity index (χ3n) is 7.68. The second-order valence-corrected chi connectivity index (χ2v) is 14.7. The molecule has 41 heavy (non-hydrogen) atoms. The predicted molar refractivity (Wildman–Crippen MR) is 160 cm³/mol. The highest BCUT2D eigenvalue weighted by Gasteiger charge is 2.31. The lowest BCUT2D eigenvalue weighted by Gasteiger charge is -2.25. The van der Waals surface area contributed by atoms with E-state index >= 15 is 0 Å². The first-order chi connectivity index (χ1) is 19.4. The molecule has 0 aromatic carbocycles. The fourth-order valence-electron chi connectivity index (χ4n) is 3.83. The van der Waals surface area contributed by atoms with E-state index in [0.29, 0.717) is 40.9 Å². The van der Waals surface area contributed by atoms with Crippen LogP contribution in [0.15, 0.2) is 30.6 Å². The third kappa shape index (κ3) is 7.77. The van der Waals surface area contributed by atoms with E-state index in [1.165, 1.54) is 0 Å². The summed E-state index contributed by atoms with van der Waals surface area (Å²) >= 11 is 0. The van der Waals surface area contributed by atoms with Gasteiger partial charge in [-0.2, -0.15) is 9.67 Å². The minimum atomic E-state index is -1.01. The second kappa shape index (κ2) is 12.8. The zero-order chi connectivity index (χ0) is 29.8. The summed E-state index contributed by atoms with van der Waals surface area (Å²) in [6.45, 7) is 10.7. The highest BCUT2D eigenvalue weighted by atomic mass is 32.2. The van der Waals surface area contributed by atoms with Gasteiger partial charge in [-0.25, -0.2) is 4.98 Å². The zero-order valence-corrected chi connectivity index (χ0v) is 26.0. The van der Waals surface area contributed by atoms with Gasteiger partial charge < -0.3 is 19.3 Å². The summed E-state index contributed by atoms with van der Waals surface area (Å²) in [7, 11) is 0.297. The normalized spacial score (nSPS) is 14.2. The van der Waals surface area contributed by atoms with Crippen molar-refractivity contribution in [3.63, 3.8) is 0 Å². The number of hydrogen-bond acceptors (Lipinski definition) is 8. The van der Waals surface area contributed by atoms with Crippen molar-refractivity contribution in [2.75, 3.05) is 25.7 Å². The van der Waals surface area contributed by atoms with Gasteiger partial charge in [-0.05, 0) is 76.4 Å². The Labute approximate surface area is 245 Å². The summed E-state index contributed by atoms with van der Waals surface area (Å²) in [4.78, 5) is 25.0. The van der Waals surface area contributed by atoms with Crippen LogP contribution in [0, 0.1) is 12.3 Å². The predicted octanol–water partition coefficient (Wildman–Crippen LogP) is 5.15. The van der Waals surface area contributed by atoms with E-state index in [1.54, 1.807) is 37.0 Å². The number of aromatic nitrogens is 5. The summed E-state index contributed by atoms with van der Waals surface area (Å²) in [6, 6.07) is 6.10. The van der Waals surface area contributed by atoms with Crippen molar-refractivity contribution >= 4 is 16.9 Å². The summed E-state index contributed by atoms with van der Waals surface area (Å²) in [5.41, 5.74) is 2.36. The molecular weight excluding hydrogens is 542 g/mol. The van der Waals surface area contributed by atoms with Crippen LogP contribution < -0.4 is 9.47 Å². The van der Waals surface area contributed by atoms with Crippen LogP contribution >= 0.6 is 0 Å². The fraction of sp³-hybridized carbons (Fsp3) is 0.567. The molecule has 0 bridgehead atoms. The molecule has 1 fully saturated rings. The van der Waals surface area contributed by atoms with Crippen molar-refractivity contribution in [1.82, 2.24) is 24.7 Å². The average Bonchev–Trinajstić information content (AvgIpc) is 3.30. The second-order valence-electron chi connectivity index (χ2n) is 12.0. The van der Waals surface area contributed by atoms with Crippen LogP contribution in [-0.2, 0) is 27.2 Å². The van der Waals surface area contributed by atoms with Crippen LogP contribution in [0.5, 0.6) is 11.9 Å². The molecule has 222 valence electrons. The van der Waals surface area contributed by atoms with Crippen LogP contribution in [0.3, 0.4) is 0 Å². The number of nitrogens with zero attached hydrogens (tertiary/aromatic N) is 5. The van der Waals surface area contributed by atoms with Crippen molar-refractivity contribution in [2.24, 2.45) is 5.41 Å². The Balaban J connectivity index is 1.45. The molecular formula is C30H42N5O5S+. The maximum absolute atomic E-state index is 11.3. The summed E-state index contributed by atoms with van der Waals surface area (Å²) < 4.78 is 19.7. The van der Waals surface area contributed by atoms with E-state index in [0.717, 1.165) is 42.4 Å². The molecule has 4 rings (SSSR count). The van der Waals surface area contributed by atoms with Crippen LogP contribution in [-0.4, -0.2) is 72.4 Å². The van der Waals surface area contributed by atoms with Crippen molar-refractivity contribution in [1.29, 1.82) is 0 Å². The first-order valence-corrected chi connectivity index (χ1v) is 16.0. The first kappa shape index (κ1) is 30.8. The van der Waals surface area contributed by atoms with Crippen LogP contribution in [0.4, 0.5) is 0 Å². The molecule has 0 atom stereocenters. The first-order valence-electron chi connectivity index (χ1n) is 13.9. The Bertz CT molecular complexity index is 1340. The quantitative estimate of drug-likeness (QED) is 0.202. The number of carbonyl (C=O) groups is 1. The number of pyridine rings is 2. The minimum Gasteiger partial charge on any atom is -0.481 e. The molecule has 10 nitrogen and oxygen atoms in total. The minimum absolute atomic E-state index is 0.0255. The zero-order valence-electron chi connectivity index (χ0n) is 25.1. The van der Waals surface area contributed by atoms with Gasteiger partial charge in [0.05, 0.1) is 24.5 Å². The largest absolute Gasteiger partial charge is 0.481 e. The Kier molecular flexibility index (Phi) is 9.59. The van der Waals surface area contributed by atoms with Crippen molar-refractivity contribution < 1.29 is 24.1 Å². The van der Waals surface area contributed by atoms with Crippen molar-refractivity contribution in [3.8, 4) is 34.5 Å². The van der Waals surface area contributed by atoms with Gasteiger partial charge in [0.1, 0.15) is 29.9 Å². The number of aliphatic carboxylic acids is 1. The molecule has 11 heteroatoms. The van der Waals surface area contributed by atoms with Gasteiger partial charge in [0.15, 0.2) is 0 Å². The molecule has 0 amide bonds. The van der Waals surface area contributed by atoms with E-state index < -0.39 is 11.4 Å². The molecule has 1 aliphatic rings. The summed E-state index contributed by atoms with van der Waals surface area (Å²) in [5, 5.41) is 14.0. The Morgan fingerprint density at radius 2 is 1.90 bits per heavy atom. The number of carboxylic acid groups (broad SMARTS) is 1. The lowest BCUT2D eigenvalue weighted by molar-refractivity contribution is -0.148. The number of hydrogen-bond donors (Lipinski definition) is 1.